The number of halogens is 1. The Balaban J connectivity index is 2.25. The van der Waals surface area contributed by atoms with Gasteiger partial charge in [-0.15, -0.1) is 0 Å². The lowest BCUT2D eigenvalue weighted by atomic mass is 10.1. The maximum absolute atomic E-state index is 13.0. The molecule has 0 unspecified atom stereocenters. The van der Waals surface area contributed by atoms with E-state index in [1.165, 1.54) is 19.2 Å². The number of benzene rings is 1. The summed E-state index contributed by atoms with van der Waals surface area (Å²) in [5.41, 5.74) is 2.28. The van der Waals surface area contributed by atoms with Crippen molar-refractivity contribution in [1.82, 2.24) is 14.8 Å². The number of carbonyl (C=O) groups is 1. The van der Waals surface area contributed by atoms with Gasteiger partial charge in [-0.3, -0.25) is 0 Å². The van der Waals surface area contributed by atoms with Crippen molar-refractivity contribution in [2.45, 2.75) is 6.92 Å². The summed E-state index contributed by atoms with van der Waals surface area (Å²) in [5, 5.41) is 4.83. The fraction of sp³-hybridized carbons (Fsp3) is 0.133. The van der Waals surface area contributed by atoms with Gasteiger partial charge in [-0.2, -0.15) is 5.10 Å². The lowest BCUT2D eigenvalue weighted by Crippen LogP contribution is -2.04. The summed E-state index contributed by atoms with van der Waals surface area (Å²) in [6.07, 6.45) is 1.55. The minimum atomic E-state index is -0.441. The first-order chi connectivity index (χ1) is 10.1. The van der Waals surface area contributed by atoms with Crippen LogP contribution < -0.4 is 0 Å². The Morgan fingerprint density at radius 2 is 2.00 bits per heavy atom. The Labute approximate surface area is 120 Å². The van der Waals surface area contributed by atoms with E-state index in [1.54, 1.807) is 36.0 Å². The molecule has 2 heterocycles. The molecule has 2 aromatic heterocycles. The number of ether oxygens (including phenoxy) is 1. The predicted octanol–water partition coefficient (Wildman–Crippen LogP) is 2.65. The predicted molar refractivity (Wildman–Crippen MR) is 74.9 cm³/mol. The second-order valence-electron chi connectivity index (χ2n) is 4.57. The molecule has 0 atom stereocenters. The number of hydrogen-bond acceptors (Lipinski definition) is 4. The lowest BCUT2D eigenvalue weighted by Gasteiger charge is -2.05. The van der Waals surface area contributed by atoms with Crippen molar-refractivity contribution in [1.29, 1.82) is 0 Å². The summed E-state index contributed by atoms with van der Waals surface area (Å²) in [4.78, 5) is 16.2. The highest BCUT2D eigenvalue weighted by Gasteiger charge is 2.16. The number of hydrogen-bond donors (Lipinski definition) is 0. The molecule has 0 aliphatic carbocycles. The van der Waals surface area contributed by atoms with E-state index in [2.05, 4.69) is 10.1 Å². The Morgan fingerprint density at radius 1 is 1.29 bits per heavy atom. The average molecular weight is 285 g/mol. The van der Waals surface area contributed by atoms with Gasteiger partial charge in [0.25, 0.3) is 0 Å². The molecule has 3 rings (SSSR count). The highest BCUT2D eigenvalue weighted by Crippen LogP contribution is 2.22. The van der Waals surface area contributed by atoms with Crippen molar-refractivity contribution >= 4 is 17.0 Å². The third kappa shape index (κ3) is 2.24. The van der Waals surface area contributed by atoms with E-state index in [9.17, 15) is 9.18 Å². The number of nitrogens with zero attached hydrogens (tertiary/aromatic N) is 3. The van der Waals surface area contributed by atoms with E-state index >= 15 is 0 Å². The molecule has 106 valence electrons. The van der Waals surface area contributed by atoms with Gasteiger partial charge in [0.05, 0.1) is 29.9 Å². The summed E-state index contributed by atoms with van der Waals surface area (Å²) in [5.74, 6) is -0.765. The molecular formula is C15H12FN3O2. The van der Waals surface area contributed by atoms with E-state index in [0.717, 1.165) is 0 Å². The Bertz CT molecular complexity index is 825. The second-order valence-corrected chi connectivity index (χ2v) is 4.57. The van der Waals surface area contributed by atoms with Crippen LogP contribution in [0.4, 0.5) is 4.39 Å². The Kier molecular flexibility index (Phi) is 3.13. The van der Waals surface area contributed by atoms with Gasteiger partial charge >= 0.3 is 5.97 Å². The number of rotatable bonds is 2. The zero-order valence-corrected chi connectivity index (χ0v) is 11.5. The Hall–Kier alpha value is -2.76. The number of methoxy groups -OCH3 is 1. The molecule has 0 bridgehead atoms. The maximum Gasteiger partial charge on any atom is 0.338 e. The molecule has 21 heavy (non-hydrogen) atoms. The van der Waals surface area contributed by atoms with Crippen LogP contribution in [0.25, 0.3) is 16.7 Å². The van der Waals surface area contributed by atoms with Crippen LogP contribution in [0.1, 0.15) is 16.1 Å². The van der Waals surface area contributed by atoms with Crippen LogP contribution in [0.15, 0.2) is 36.5 Å². The van der Waals surface area contributed by atoms with Gasteiger partial charge in [0.15, 0.2) is 5.65 Å². The number of esters is 1. The molecule has 0 N–H and O–H groups in total. The number of carbonyl (C=O) groups excluding carboxylic acids is 1. The van der Waals surface area contributed by atoms with Crippen LogP contribution in [-0.4, -0.2) is 27.8 Å². The largest absolute Gasteiger partial charge is 0.465 e. The standard InChI is InChI=1S/C15H12FN3O2/c1-9-7-12(15(20)21-2)13-8-17-19(14(13)18-9)11-5-3-10(16)4-6-11/h3-8H,1-2H3. The van der Waals surface area contributed by atoms with E-state index in [4.69, 9.17) is 4.74 Å². The molecule has 0 spiro atoms. The van der Waals surface area contributed by atoms with Crippen molar-refractivity contribution in [2.24, 2.45) is 0 Å². The van der Waals surface area contributed by atoms with Gasteiger partial charge in [0.1, 0.15) is 5.82 Å². The molecule has 3 aromatic rings. The third-order valence-corrected chi connectivity index (χ3v) is 3.15. The van der Waals surface area contributed by atoms with Crippen molar-refractivity contribution in [3.05, 3.63) is 53.6 Å². The monoisotopic (exact) mass is 285 g/mol. The zero-order chi connectivity index (χ0) is 15.0. The van der Waals surface area contributed by atoms with Crippen molar-refractivity contribution in [2.75, 3.05) is 7.11 Å². The van der Waals surface area contributed by atoms with Crippen molar-refractivity contribution < 1.29 is 13.9 Å². The smallest absolute Gasteiger partial charge is 0.338 e. The molecule has 0 amide bonds. The van der Waals surface area contributed by atoms with Crippen LogP contribution in [0, 0.1) is 12.7 Å². The minimum absolute atomic E-state index is 0.324. The summed E-state index contributed by atoms with van der Waals surface area (Å²) in [7, 11) is 1.33. The van der Waals surface area contributed by atoms with Gasteiger partial charge in [-0.05, 0) is 37.3 Å². The summed E-state index contributed by atoms with van der Waals surface area (Å²) in [6, 6.07) is 7.55. The van der Waals surface area contributed by atoms with Gasteiger partial charge in [0, 0.05) is 5.69 Å². The number of pyridine rings is 1. The molecule has 0 aliphatic heterocycles. The highest BCUT2D eigenvalue weighted by molar-refractivity contribution is 6.02. The van der Waals surface area contributed by atoms with E-state index < -0.39 is 5.97 Å². The normalized spacial score (nSPS) is 10.8. The summed E-state index contributed by atoms with van der Waals surface area (Å²) >= 11 is 0. The Morgan fingerprint density at radius 3 is 2.67 bits per heavy atom. The number of aryl methyl sites for hydroxylation is 1. The van der Waals surface area contributed by atoms with Gasteiger partial charge < -0.3 is 4.74 Å². The highest BCUT2D eigenvalue weighted by atomic mass is 19.1. The maximum atomic E-state index is 13.0. The van der Waals surface area contributed by atoms with E-state index in [0.29, 0.717) is 28.0 Å². The number of aromatic nitrogens is 3. The van der Waals surface area contributed by atoms with Crippen LogP contribution in [0.2, 0.25) is 0 Å². The molecule has 0 fully saturated rings. The van der Waals surface area contributed by atoms with Crippen molar-refractivity contribution in [3.8, 4) is 5.69 Å². The minimum Gasteiger partial charge on any atom is -0.465 e. The quantitative estimate of drug-likeness (QED) is 0.679. The van der Waals surface area contributed by atoms with E-state index in [-0.39, 0.29) is 5.82 Å². The molecule has 0 saturated carbocycles. The first kappa shape index (κ1) is 13.2. The summed E-state index contributed by atoms with van der Waals surface area (Å²) < 4.78 is 19.4. The molecule has 0 aliphatic rings. The molecule has 1 aromatic carbocycles. The van der Waals surface area contributed by atoms with Crippen molar-refractivity contribution in [3.63, 3.8) is 0 Å². The topological polar surface area (TPSA) is 57.0 Å². The van der Waals surface area contributed by atoms with Gasteiger partial charge in [-0.25, -0.2) is 18.9 Å². The second kappa shape index (κ2) is 4.97. The molecule has 0 saturated heterocycles. The van der Waals surface area contributed by atoms with Crippen LogP contribution in [-0.2, 0) is 4.74 Å². The molecule has 6 heteroatoms. The molecule has 0 radical (unpaired) electrons. The van der Waals surface area contributed by atoms with Gasteiger partial charge in [-0.1, -0.05) is 0 Å². The molecule has 5 nitrogen and oxygen atoms in total. The van der Waals surface area contributed by atoms with Crippen LogP contribution in [0.3, 0.4) is 0 Å². The third-order valence-electron chi connectivity index (χ3n) is 3.15. The fourth-order valence-corrected chi connectivity index (χ4v) is 2.18. The fourth-order valence-electron chi connectivity index (χ4n) is 2.18. The average Bonchev–Trinajstić information content (AvgIpc) is 2.90. The first-order valence-electron chi connectivity index (χ1n) is 6.30. The lowest BCUT2D eigenvalue weighted by molar-refractivity contribution is 0.0603. The zero-order valence-electron chi connectivity index (χ0n) is 11.5. The van der Waals surface area contributed by atoms with Crippen LogP contribution >= 0.6 is 0 Å². The first-order valence-corrected chi connectivity index (χ1v) is 6.30. The van der Waals surface area contributed by atoms with E-state index in [1.807, 2.05) is 0 Å². The SMILES string of the molecule is COC(=O)c1cc(C)nc2c1cnn2-c1ccc(F)cc1. The molecular weight excluding hydrogens is 273 g/mol. The van der Waals surface area contributed by atoms with Gasteiger partial charge in [0.2, 0.25) is 0 Å². The number of fused-ring (bicyclic) bond motifs is 1. The summed E-state index contributed by atoms with van der Waals surface area (Å²) in [6.45, 7) is 1.79. The van der Waals surface area contributed by atoms with Crippen LogP contribution in [0.5, 0.6) is 0 Å².